The number of urea groups is 1. The van der Waals surface area contributed by atoms with E-state index < -0.39 is 5.97 Å². The van der Waals surface area contributed by atoms with Gasteiger partial charge in [-0.25, -0.2) is 4.79 Å². The average molecular weight is 376 g/mol. The number of hydrogen-bond acceptors (Lipinski definition) is 4. The first-order chi connectivity index (χ1) is 13.0. The molecule has 1 aromatic rings. The summed E-state index contributed by atoms with van der Waals surface area (Å²) in [5.74, 6) is -1.25. The van der Waals surface area contributed by atoms with E-state index in [0.717, 1.165) is 12.0 Å². The summed E-state index contributed by atoms with van der Waals surface area (Å²) in [6.45, 7) is 2.14. The zero-order valence-electron chi connectivity index (χ0n) is 15.6. The van der Waals surface area contributed by atoms with E-state index in [1.54, 1.807) is 6.92 Å². The van der Waals surface area contributed by atoms with Crippen LogP contribution in [0.3, 0.4) is 0 Å². The first-order valence-corrected chi connectivity index (χ1v) is 9.47. The van der Waals surface area contributed by atoms with Crippen molar-refractivity contribution in [2.24, 2.45) is 5.92 Å². The largest absolute Gasteiger partial charge is 0.481 e. The van der Waals surface area contributed by atoms with E-state index >= 15 is 0 Å². The van der Waals surface area contributed by atoms with Crippen molar-refractivity contribution in [3.63, 3.8) is 0 Å². The van der Waals surface area contributed by atoms with Gasteiger partial charge in [0.2, 0.25) is 0 Å². The van der Waals surface area contributed by atoms with Crippen molar-refractivity contribution in [2.75, 3.05) is 6.61 Å². The first kappa shape index (κ1) is 20.7. The van der Waals surface area contributed by atoms with Crippen LogP contribution in [0.5, 0.6) is 0 Å². The van der Waals surface area contributed by atoms with Gasteiger partial charge in [0.15, 0.2) is 0 Å². The second-order valence-corrected chi connectivity index (χ2v) is 6.90. The van der Waals surface area contributed by atoms with Crippen molar-refractivity contribution < 1.29 is 24.2 Å². The number of carboxylic acids is 1. The third kappa shape index (κ3) is 7.29. The zero-order chi connectivity index (χ0) is 19.6. The number of nitrogens with one attached hydrogen (secondary N) is 2. The molecule has 27 heavy (non-hydrogen) atoms. The van der Waals surface area contributed by atoms with Crippen LogP contribution in [-0.2, 0) is 20.7 Å². The second kappa shape index (κ2) is 10.5. The van der Waals surface area contributed by atoms with Crippen LogP contribution in [0.15, 0.2) is 30.3 Å². The van der Waals surface area contributed by atoms with E-state index in [2.05, 4.69) is 10.6 Å². The Hall–Kier alpha value is -2.57. The Morgan fingerprint density at radius 1 is 1.22 bits per heavy atom. The molecule has 0 aliphatic heterocycles. The van der Waals surface area contributed by atoms with Crippen molar-refractivity contribution in [3.05, 3.63) is 35.9 Å². The van der Waals surface area contributed by atoms with E-state index in [0.29, 0.717) is 32.3 Å². The smallest absolute Gasteiger partial charge is 0.315 e. The fourth-order valence-corrected chi connectivity index (χ4v) is 3.42. The minimum atomic E-state index is -0.886. The molecule has 1 fully saturated rings. The minimum Gasteiger partial charge on any atom is -0.481 e. The topological polar surface area (TPSA) is 105 Å². The van der Waals surface area contributed by atoms with Crippen molar-refractivity contribution in [3.8, 4) is 0 Å². The molecule has 3 N–H and O–H groups in total. The van der Waals surface area contributed by atoms with Gasteiger partial charge in [-0.15, -0.1) is 0 Å². The Labute approximate surface area is 159 Å². The summed E-state index contributed by atoms with van der Waals surface area (Å²) in [5, 5.41) is 14.7. The van der Waals surface area contributed by atoms with Crippen LogP contribution in [0.4, 0.5) is 4.79 Å². The standard InChI is InChI=1S/C20H28N2O5/c1-2-27-19(25)15-8-9-17(13-15)22-20(26)21-16(10-11-18(23)24)12-14-6-4-3-5-7-14/h3-7,15-17H,2,8-13H2,1H3,(H,23,24)(H2,21,22,26)/t15-,16?,17+/m1/s1. The van der Waals surface area contributed by atoms with Crippen LogP contribution in [0.2, 0.25) is 0 Å². The zero-order valence-corrected chi connectivity index (χ0v) is 15.6. The van der Waals surface area contributed by atoms with E-state index in [-0.39, 0.29) is 36.4 Å². The third-order valence-electron chi connectivity index (χ3n) is 4.75. The number of rotatable bonds is 9. The van der Waals surface area contributed by atoms with Crippen molar-refractivity contribution >= 4 is 18.0 Å². The van der Waals surface area contributed by atoms with Gasteiger partial charge in [-0.1, -0.05) is 30.3 Å². The number of carbonyl (C=O) groups is 3. The van der Waals surface area contributed by atoms with Gasteiger partial charge >= 0.3 is 18.0 Å². The Kier molecular flexibility index (Phi) is 8.10. The SMILES string of the molecule is CCOC(=O)[C@@H]1CC[C@H](NC(=O)NC(CCC(=O)O)Cc2ccccc2)C1. The van der Waals surface area contributed by atoms with Crippen molar-refractivity contribution in [1.29, 1.82) is 0 Å². The van der Waals surface area contributed by atoms with E-state index in [1.165, 1.54) is 0 Å². The molecule has 1 aromatic carbocycles. The van der Waals surface area contributed by atoms with E-state index in [9.17, 15) is 14.4 Å². The molecule has 1 aliphatic rings. The predicted octanol–water partition coefficient (Wildman–Crippen LogP) is 2.49. The van der Waals surface area contributed by atoms with Gasteiger partial charge in [0.05, 0.1) is 12.5 Å². The molecule has 2 amide bonds. The fourth-order valence-electron chi connectivity index (χ4n) is 3.42. The lowest BCUT2D eigenvalue weighted by molar-refractivity contribution is -0.147. The molecular weight excluding hydrogens is 348 g/mol. The highest BCUT2D eigenvalue weighted by Gasteiger charge is 2.32. The quantitative estimate of drug-likeness (QED) is 0.574. The number of amides is 2. The molecule has 1 aliphatic carbocycles. The van der Waals surface area contributed by atoms with Crippen LogP contribution in [0.1, 0.15) is 44.6 Å². The van der Waals surface area contributed by atoms with Crippen molar-refractivity contribution in [1.82, 2.24) is 10.6 Å². The summed E-state index contributed by atoms with van der Waals surface area (Å²) in [4.78, 5) is 35.1. The van der Waals surface area contributed by atoms with Gasteiger partial charge in [0.1, 0.15) is 0 Å². The molecule has 0 bridgehead atoms. The van der Waals surface area contributed by atoms with Crippen LogP contribution in [-0.4, -0.2) is 41.8 Å². The summed E-state index contributed by atoms with van der Waals surface area (Å²) in [6, 6.07) is 8.98. The Morgan fingerprint density at radius 3 is 2.63 bits per heavy atom. The molecule has 0 aromatic heterocycles. The first-order valence-electron chi connectivity index (χ1n) is 9.47. The number of carbonyl (C=O) groups excluding carboxylic acids is 2. The van der Waals surface area contributed by atoms with Gasteiger partial charge in [0, 0.05) is 18.5 Å². The lowest BCUT2D eigenvalue weighted by Crippen LogP contribution is -2.46. The number of benzene rings is 1. The Balaban J connectivity index is 1.85. The molecule has 7 heteroatoms. The summed E-state index contributed by atoms with van der Waals surface area (Å²) in [7, 11) is 0. The highest BCUT2D eigenvalue weighted by Crippen LogP contribution is 2.26. The average Bonchev–Trinajstić information content (AvgIpc) is 3.09. The molecule has 0 radical (unpaired) electrons. The molecule has 1 unspecified atom stereocenters. The van der Waals surface area contributed by atoms with Gasteiger partial charge in [-0.2, -0.15) is 0 Å². The lowest BCUT2D eigenvalue weighted by atomic mass is 10.0. The highest BCUT2D eigenvalue weighted by atomic mass is 16.5. The Bertz CT molecular complexity index is 635. The summed E-state index contributed by atoms with van der Waals surface area (Å²) in [6.07, 6.45) is 2.92. The maximum absolute atomic E-state index is 12.4. The minimum absolute atomic E-state index is 0.00780. The molecular formula is C20H28N2O5. The number of aliphatic carboxylic acids is 1. The van der Waals surface area contributed by atoms with Crippen LogP contribution >= 0.6 is 0 Å². The summed E-state index contributed by atoms with van der Waals surface area (Å²) in [5.41, 5.74) is 1.04. The number of carboxylic acid groups (broad SMARTS) is 1. The Morgan fingerprint density at radius 2 is 1.96 bits per heavy atom. The lowest BCUT2D eigenvalue weighted by Gasteiger charge is -2.21. The summed E-state index contributed by atoms with van der Waals surface area (Å²) >= 11 is 0. The van der Waals surface area contributed by atoms with Crippen LogP contribution in [0.25, 0.3) is 0 Å². The maximum atomic E-state index is 12.4. The molecule has 0 heterocycles. The highest BCUT2D eigenvalue weighted by molar-refractivity contribution is 5.76. The van der Waals surface area contributed by atoms with Gasteiger partial charge in [0.25, 0.3) is 0 Å². The van der Waals surface area contributed by atoms with E-state index in [4.69, 9.17) is 9.84 Å². The molecule has 3 atom stereocenters. The molecule has 1 saturated carbocycles. The fraction of sp³-hybridized carbons (Fsp3) is 0.550. The molecule has 148 valence electrons. The number of esters is 1. The maximum Gasteiger partial charge on any atom is 0.315 e. The number of ether oxygens (including phenoxy) is 1. The van der Waals surface area contributed by atoms with Crippen LogP contribution < -0.4 is 10.6 Å². The second-order valence-electron chi connectivity index (χ2n) is 6.90. The molecule has 2 rings (SSSR count). The summed E-state index contributed by atoms with van der Waals surface area (Å²) < 4.78 is 5.04. The third-order valence-corrected chi connectivity index (χ3v) is 4.75. The van der Waals surface area contributed by atoms with E-state index in [1.807, 2.05) is 30.3 Å². The van der Waals surface area contributed by atoms with Crippen molar-refractivity contribution in [2.45, 2.75) is 57.5 Å². The van der Waals surface area contributed by atoms with Crippen LogP contribution in [0, 0.1) is 5.92 Å². The predicted molar refractivity (Wildman–Crippen MR) is 100 cm³/mol. The molecule has 7 nitrogen and oxygen atoms in total. The monoisotopic (exact) mass is 376 g/mol. The van der Waals surface area contributed by atoms with Gasteiger partial charge < -0.3 is 20.5 Å². The van der Waals surface area contributed by atoms with Gasteiger partial charge in [-0.05, 0) is 44.6 Å². The molecule has 0 spiro atoms. The number of hydrogen-bond donors (Lipinski definition) is 3. The van der Waals surface area contributed by atoms with Gasteiger partial charge in [-0.3, -0.25) is 9.59 Å². The molecule has 0 saturated heterocycles. The normalized spacial score (nSPS) is 19.9.